The van der Waals surface area contributed by atoms with Crippen molar-refractivity contribution < 1.29 is 14.3 Å². The van der Waals surface area contributed by atoms with Crippen LogP contribution in [0.3, 0.4) is 0 Å². The second-order valence-corrected chi connectivity index (χ2v) is 6.58. The van der Waals surface area contributed by atoms with E-state index in [1.807, 2.05) is 6.92 Å². The van der Waals surface area contributed by atoms with E-state index < -0.39 is 11.9 Å². The molecule has 0 aliphatic carbocycles. The standard InChI is InChI=1S/C13H12BrN3O3S/c1-7-2-3-8(4-9(7)15)12(19)20-6-11(18)17-13-16-5-10(14)21-13/h2-5H,6,15H2,1H3,(H,16,17,18). The molecule has 0 unspecified atom stereocenters. The van der Waals surface area contributed by atoms with Crippen LogP contribution in [-0.2, 0) is 9.53 Å². The fourth-order valence-corrected chi connectivity index (χ4v) is 2.57. The van der Waals surface area contributed by atoms with Crippen molar-refractivity contribution in [3.05, 3.63) is 39.3 Å². The van der Waals surface area contributed by atoms with E-state index in [-0.39, 0.29) is 6.61 Å². The number of nitrogens with one attached hydrogen (secondary N) is 1. The molecule has 21 heavy (non-hydrogen) atoms. The van der Waals surface area contributed by atoms with Gasteiger partial charge in [-0.05, 0) is 40.5 Å². The highest BCUT2D eigenvalue weighted by atomic mass is 79.9. The number of aromatic nitrogens is 1. The van der Waals surface area contributed by atoms with Crippen molar-refractivity contribution in [2.75, 3.05) is 17.7 Å². The van der Waals surface area contributed by atoms with Crippen molar-refractivity contribution >= 4 is 50.0 Å². The third-order valence-corrected chi connectivity index (χ3v) is 3.96. The molecule has 0 fully saturated rings. The summed E-state index contributed by atoms with van der Waals surface area (Å²) in [7, 11) is 0. The lowest BCUT2D eigenvalue weighted by Gasteiger charge is -2.06. The van der Waals surface area contributed by atoms with Gasteiger partial charge in [0.15, 0.2) is 11.7 Å². The Balaban J connectivity index is 1.88. The Bertz CT molecular complexity index is 687. The van der Waals surface area contributed by atoms with Gasteiger partial charge in [-0.15, -0.1) is 0 Å². The van der Waals surface area contributed by atoms with Gasteiger partial charge in [0.05, 0.1) is 15.5 Å². The molecule has 0 spiro atoms. The van der Waals surface area contributed by atoms with E-state index >= 15 is 0 Å². The fraction of sp³-hybridized carbons (Fsp3) is 0.154. The normalized spacial score (nSPS) is 10.2. The van der Waals surface area contributed by atoms with Gasteiger partial charge in [-0.25, -0.2) is 9.78 Å². The lowest BCUT2D eigenvalue weighted by atomic mass is 10.1. The highest BCUT2D eigenvalue weighted by Crippen LogP contribution is 2.22. The van der Waals surface area contributed by atoms with E-state index in [0.29, 0.717) is 16.4 Å². The van der Waals surface area contributed by atoms with E-state index in [1.54, 1.807) is 18.3 Å². The van der Waals surface area contributed by atoms with Crippen LogP contribution in [0.25, 0.3) is 0 Å². The van der Waals surface area contributed by atoms with E-state index in [4.69, 9.17) is 10.5 Å². The molecule has 0 saturated heterocycles. The number of carbonyl (C=O) groups is 2. The van der Waals surface area contributed by atoms with Crippen molar-refractivity contribution in [3.63, 3.8) is 0 Å². The zero-order valence-corrected chi connectivity index (χ0v) is 13.5. The largest absolute Gasteiger partial charge is 0.452 e. The average Bonchev–Trinajstić information content (AvgIpc) is 2.84. The molecule has 0 saturated carbocycles. The highest BCUT2D eigenvalue weighted by Gasteiger charge is 2.12. The third kappa shape index (κ3) is 4.27. The smallest absolute Gasteiger partial charge is 0.338 e. The summed E-state index contributed by atoms with van der Waals surface area (Å²) in [5.41, 5.74) is 7.40. The number of hydrogen-bond acceptors (Lipinski definition) is 6. The second kappa shape index (κ2) is 6.68. The summed E-state index contributed by atoms with van der Waals surface area (Å²) in [5, 5.41) is 2.96. The summed E-state index contributed by atoms with van der Waals surface area (Å²) < 4.78 is 5.72. The zero-order chi connectivity index (χ0) is 15.4. The highest BCUT2D eigenvalue weighted by molar-refractivity contribution is 9.11. The molecular weight excluding hydrogens is 358 g/mol. The second-order valence-electron chi connectivity index (χ2n) is 4.17. The summed E-state index contributed by atoms with van der Waals surface area (Å²) in [6.45, 7) is 1.45. The molecule has 8 heteroatoms. The molecule has 2 rings (SSSR count). The lowest BCUT2D eigenvalue weighted by Crippen LogP contribution is -2.20. The maximum absolute atomic E-state index is 11.8. The first kappa shape index (κ1) is 15.5. The molecule has 0 bridgehead atoms. The van der Waals surface area contributed by atoms with Gasteiger partial charge in [0.2, 0.25) is 0 Å². The first-order chi connectivity index (χ1) is 9.95. The molecule has 1 aromatic carbocycles. The summed E-state index contributed by atoms with van der Waals surface area (Å²) in [6.07, 6.45) is 1.57. The number of esters is 1. The van der Waals surface area contributed by atoms with Crippen LogP contribution < -0.4 is 11.1 Å². The minimum absolute atomic E-state index is 0.308. The van der Waals surface area contributed by atoms with Crippen molar-refractivity contribution in [3.8, 4) is 0 Å². The summed E-state index contributed by atoms with van der Waals surface area (Å²) >= 11 is 4.50. The lowest BCUT2D eigenvalue weighted by molar-refractivity contribution is -0.119. The van der Waals surface area contributed by atoms with Crippen LogP contribution in [0, 0.1) is 6.92 Å². The monoisotopic (exact) mass is 369 g/mol. The van der Waals surface area contributed by atoms with Crippen LogP contribution in [0.1, 0.15) is 15.9 Å². The minimum atomic E-state index is -0.600. The number of carbonyl (C=O) groups excluding carboxylic acids is 2. The number of nitrogen functional groups attached to an aromatic ring is 1. The minimum Gasteiger partial charge on any atom is -0.452 e. The topological polar surface area (TPSA) is 94.3 Å². The number of nitrogens with two attached hydrogens (primary N) is 1. The molecule has 1 heterocycles. The maximum atomic E-state index is 11.8. The van der Waals surface area contributed by atoms with Gasteiger partial charge in [-0.1, -0.05) is 17.4 Å². The number of anilines is 2. The number of thiazole rings is 1. The van der Waals surface area contributed by atoms with Crippen molar-refractivity contribution in [1.82, 2.24) is 4.98 Å². The molecular formula is C13H12BrN3O3S. The van der Waals surface area contributed by atoms with Gasteiger partial charge in [0.25, 0.3) is 5.91 Å². The predicted molar refractivity (Wildman–Crippen MR) is 84.3 cm³/mol. The van der Waals surface area contributed by atoms with Crippen LogP contribution in [0.4, 0.5) is 10.8 Å². The summed E-state index contributed by atoms with van der Waals surface area (Å²) in [5.74, 6) is -1.05. The van der Waals surface area contributed by atoms with Gasteiger partial charge >= 0.3 is 5.97 Å². The van der Waals surface area contributed by atoms with Crippen molar-refractivity contribution in [2.45, 2.75) is 6.92 Å². The number of ether oxygens (including phenoxy) is 1. The Labute approximate surface area is 133 Å². The number of amides is 1. The molecule has 0 aliphatic heterocycles. The van der Waals surface area contributed by atoms with Crippen molar-refractivity contribution in [2.24, 2.45) is 0 Å². The molecule has 0 radical (unpaired) electrons. The maximum Gasteiger partial charge on any atom is 0.338 e. The number of rotatable bonds is 4. The quantitative estimate of drug-likeness (QED) is 0.637. The van der Waals surface area contributed by atoms with Gasteiger partial charge in [0, 0.05) is 5.69 Å². The predicted octanol–water partition coefficient (Wildman–Crippen LogP) is 2.59. The number of hydrogen-bond donors (Lipinski definition) is 2. The Morgan fingerprint density at radius 1 is 1.48 bits per heavy atom. The Kier molecular flexibility index (Phi) is 4.92. The SMILES string of the molecule is Cc1ccc(C(=O)OCC(=O)Nc2ncc(Br)s2)cc1N. The molecule has 0 aliphatic rings. The van der Waals surface area contributed by atoms with Crippen LogP contribution in [0.15, 0.2) is 28.2 Å². The van der Waals surface area contributed by atoms with Gasteiger partial charge in [-0.2, -0.15) is 0 Å². The molecule has 1 amide bonds. The zero-order valence-electron chi connectivity index (χ0n) is 11.1. The number of benzene rings is 1. The molecule has 0 atom stereocenters. The van der Waals surface area contributed by atoms with E-state index in [2.05, 4.69) is 26.2 Å². The van der Waals surface area contributed by atoms with Gasteiger partial charge < -0.3 is 10.5 Å². The molecule has 2 aromatic rings. The van der Waals surface area contributed by atoms with E-state index in [9.17, 15) is 9.59 Å². The van der Waals surface area contributed by atoms with Crippen LogP contribution >= 0.6 is 27.3 Å². The first-order valence-electron chi connectivity index (χ1n) is 5.90. The third-order valence-electron chi connectivity index (χ3n) is 2.57. The molecule has 6 nitrogen and oxygen atoms in total. The van der Waals surface area contributed by atoms with E-state index in [1.165, 1.54) is 17.4 Å². The number of aryl methyl sites for hydroxylation is 1. The van der Waals surface area contributed by atoms with Crippen LogP contribution in [0.2, 0.25) is 0 Å². The van der Waals surface area contributed by atoms with Crippen LogP contribution in [-0.4, -0.2) is 23.5 Å². The summed E-state index contributed by atoms with van der Waals surface area (Å²) in [4.78, 5) is 27.4. The Morgan fingerprint density at radius 2 is 2.24 bits per heavy atom. The van der Waals surface area contributed by atoms with Gasteiger partial charge in [-0.3, -0.25) is 10.1 Å². The summed E-state index contributed by atoms with van der Waals surface area (Å²) in [6, 6.07) is 4.84. The molecule has 3 N–H and O–H groups in total. The molecule has 1 aromatic heterocycles. The van der Waals surface area contributed by atoms with Crippen molar-refractivity contribution in [1.29, 1.82) is 0 Å². The Hall–Kier alpha value is -1.93. The average molecular weight is 370 g/mol. The number of halogens is 1. The van der Waals surface area contributed by atoms with Crippen LogP contribution in [0.5, 0.6) is 0 Å². The number of nitrogens with zero attached hydrogens (tertiary/aromatic N) is 1. The van der Waals surface area contributed by atoms with Gasteiger partial charge in [0.1, 0.15) is 0 Å². The fourth-order valence-electron chi connectivity index (χ4n) is 1.45. The van der Waals surface area contributed by atoms with E-state index in [0.717, 1.165) is 9.35 Å². The molecule has 110 valence electrons. The first-order valence-corrected chi connectivity index (χ1v) is 7.51. The Morgan fingerprint density at radius 3 is 2.86 bits per heavy atom.